The fraction of sp³-hybridized carbons (Fsp3) is 1.00. The van der Waals surface area contributed by atoms with E-state index in [-0.39, 0.29) is 8.80 Å². The van der Waals surface area contributed by atoms with Crippen molar-refractivity contribution in [2.45, 2.75) is 42.8 Å². The predicted molar refractivity (Wildman–Crippen MR) is 51.4 cm³/mol. The van der Waals surface area contributed by atoms with Gasteiger partial charge in [-0.25, -0.2) is 0 Å². The molecule has 0 spiro atoms. The Kier molecular flexibility index (Phi) is 2.94. The second-order valence-electron chi connectivity index (χ2n) is 3.88. The molecule has 1 aliphatic heterocycles. The molecule has 0 nitrogen and oxygen atoms in total. The van der Waals surface area contributed by atoms with E-state index >= 15 is 0 Å². The molecule has 0 bridgehead atoms. The van der Waals surface area contributed by atoms with E-state index in [1.54, 1.807) is 17.0 Å². The van der Waals surface area contributed by atoms with Crippen LogP contribution in [0.4, 0.5) is 0 Å². The molecule has 0 amide bonds. The first-order valence-corrected chi connectivity index (χ1v) is 8.61. The molecule has 0 atom stereocenters. The molecular formula is C7H15Si3. The fourth-order valence-corrected chi connectivity index (χ4v) is 13.3. The Hall–Kier alpha value is 0.651. The van der Waals surface area contributed by atoms with Crippen LogP contribution in [0.5, 0.6) is 0 Å². The first kappa shape index (κ1) is 8.74. The zero-order valence-electron chi connectivity index (χ0n) is 7.12. The van der Waals surface area contributed by atoms with Crippen LogP contribution in [-0.2, 0) is 0 Å². The van der Waals surface area contributed by atoms with Gasteiger partial charge in [0.2, 0.25) is 0 Å². The van der Waals surface area contributed by atoms with Crippen molar-refractivity contribution in [1.82, 2.24) is 0 Å². The van der Waals surface area contributed by atoms with E-state index in [2.05, 4.69) is 20.8 Å². The van der Waals surface area contributed by atoms with Crippen LogP contribution in [0.1, 0.15) is 20.8 Å². The fourth-order valence-electron chi connectivity index (χ4n) is 1.11. The molecule has 10 heavy (non-hydrogen) atoms. The summed E-state index contributed by atoms with van der Waals surface area (Å²) < 4.78 is 0. The molecular weight excluding hydrogens is 168 g/mol. The van der Waals surface area contributed by atoms with Gasteiger partial charge in [0.05, 0.1) is 0 Å². The van der Waals surface area contributed by atoms with E-state index in [0.717, 1.165) is 0 Å². The molecule has 0 N–H and O–H groups in total. The summed E-state index contributed by atoms with van der Waals surface area (Å²) in [7, 11) is 2.69. The van der Waals surface area contributed by atoms with Gasteiger partial charge in [0.15, 0.2) is 0 Å². The minimum absolute atomic E-state index is 0.0611. The van der Waals surface area contributed by atoms with Gasteiger partial charge in [-0.05, 0) is 5.04 Å². The summed E-state index contributed by atoms with van der Waals surface area (Å²) in [6.45, 7) is 7.30. The van der Waals surface area contributed by atoms with Crippen molar-refractivity contribution in [3.8, 4) is 0 Å². The monoisotopic (exact) mass is 183 g/mol. The molecule has 1 aliphatic rings. The van der Waals surface area contributed by atoms with Crippen LogP contribution in [0.25, 0.3) is 0 Å². The lowest BCUT2D eigenvalue weighted by atomic mass is 10.2. The van der Waals surface area contributed by atoms with E-state index in [1.165, 1.54) is 19.0 Å². The quantitative estimate of drug-likeness (QED) is 0.504. The summed E-state index contributed by atoms with van der Waals surface area (Å²) in [5, 5.41) is 0.686. The zero-order valence-corrected chi connectivity index (χ0v) is 10.1. The van der Waals surface area contributed by atoms with Gasteiger partial charge in [0.1, 0.15) is 0 Å². The van der Waals surface area contributed by atoms with Crippen molar-refractivity contribution in [1.29, 1.82) is 0 Å². The Balaban J connectivity index is 2.39. The van der Waals surface area contributed by atoms with Crippen LogP contribution in [0, 0.1) is 0 Å². The smallest absolute Gasteiger partial charge is 0.0471 e. The molecule has 1 saturated heterocycles. The second kappa shape index (κ2) is 3.36. The highest BCUT2D eigenvalue weighted by atomic mass is 28.4. The third-order valence-electron chi connectivity index (χ3n) is 1.99. The van der Waals surface area contributed by atoms with Gasteiger partial charge in [0.25, 0.3) is 0 Å². The SMILES string of the molecule is CC(C)(C)[Si]1C[Si]C[Si]C1. The topological polar surface area (TPSA) is 0 Å². The number of hydrogen-bond acceptors (Lipinski definition) is 0. The highest BCUT2D eigenvalue weighted by Gasteiger charge is 2.27. The van der Waals surface area contributed by atoms with Crippen molar-refractivity contribution >= 4 is 27.8 Å². The molecule has 0 aromatic carbocycles. The Morgan fingerprint density at radius 2 is 1.60 bits per heavy atom. The summed E-state index contributed by atoms with van der Waals surface area (Å²) in [5.74, 6) is 0. The van der Waals surface area contributed by atoms with E-state index in [0.29, 0.717) is 5.04 Å². The van der Waals surface area contributed by atoms with Crippen molar-refractivity contribution in [2.75, 3.05) is 0 Å². The maximum absolute atomic E-state index is 2.43. The molecule has 1 heterocycles. The minimum Gasteiger partial charge on any atom is -0.0695 e. The van der Waals surface area contributed by atoms with Gasteiger partial charge in [-0.1, -0.05) is 37.8 Å². The summed E-state index contributed by atoms with van der Waals surface area (Å²) in [6, 6.07) is 0. The molecule has 55 valence electrons. The Labute approximate surface area is 71.0 Å². The largest absolute Gasteiger partial charge is 0.0695 e. The Bertz CT molecular complexity index is 99.9. The van der Waals surface area contributed by atoms with E-state index < -0.39 is 0 Å². The van der Waals surface area contributed by atoms with E-state index in [4.69, 9.17) is 0 Å². The molecule has 5 radical (unpaired) electrons. The van der Waals surface area contributed by atoms with Crippen LogP contribution in [0.3, 0.4) is 0 Å². The molecule has 0 aromatic heterocycles. The summed E-state index contributed by atoms with van der Waals surface area (Å²) in [5.41, 5.74) is 4.78. The lowest BCUT2D eigenvalue weighted by molar-refractivity contribution is 0.737. The third kappa shape index (κ3) is 2.36. The van der Waals surface area contributed by atoms with Gasteiger partial charge in [-0.3, -0.25) is 0 Å². The second-order valence-corrected chi connectivity index (χ2v) is 11.8. The lowest BCUT2D eigenvalue weighted by Crippen LogP contribution is -2.33. The average Bonchev–Trinajstić information content (AvgIpc) is 1.88. The molecule has 1 fully saturated rings. The van der Waals surface area contributed by atoms with E-state index in [9.17, 15) is 0 Å². The Morgan fingerprint density at radius 1 is 1.10 bits per heavy atom. The van der Waals surface area contributed by atoms with Crippen molar-refractivity contribution in [2.24, 2.45) is 0 Å². The third-order valence-corrected chi connectivity index (χ3v) is 11.5. The first-order valence-electron chi connectivity index (χ1n) is 3.87. The normalized spacial score (nSPS) is 23.1. The maximum Gasteiger partial charge on any atom is 0.0471 e. The van der Waals surface area contributed by atoms with Crippen molar-refractivity contribution in [3.05, 3.63) is 0 Å². The first-order chi connectivity index (χ1) is 4.61. The summed E-state index contributed by atoms with van der Waals surface area (Å²) in [4.78, 5) is 0. The standard InChI is InChI=1S/C7H15Si3/c1-7(2,3)10-5-8-4-9-6-10/h4-6H2,1-3H3. The summed E-state index contributed by atoms with van der Waals surface area (Å²) in [6.07, 6.45) is 0. The van der Waals surface area contributed by atoms with Gasteiger partial charge in [-0.15, -0.1) is 0 Å². The Morgan fingerprint density at radius 3 is 1.90 bits per heavy atom. The molecule has 0 saturated carbocycles. The van der Waals surface area contributed by atoms with Crippen LogP contribution >= 0.6 is 0 Å². The minimum atomic E-state index is 0.0611. The number of rotatable bonds is 0. The highest BCUT2D eigenvalue weighted by Crippen LogP contribution is 2.32. The van der Waals surface area contributed by atoms with Crippen LogP contribution < -0.4 is 0 Å². The van der Waals surface area contributed by atoms with Gasteiger partial charge in [-0.2, -0.15) is 0 Å². The molecule has 0 aromatic rings. The average molecular weight is 183 g/mol. The zero-order chi connectivity index (χ0) is 7.61. The molecule has 0 aliphatic carbocycles. The molecule has 0 unspecified atom stereocenters. The predicted octanol–water partition coefficient (Wildman–Crippen LogP) is 1.99. The lowest BCUT2D eigenvalue weighted by Gasteiger charge is -2.31. The van der Waals surface area contributed by atoms with Crippen molar-refractivity contribution in [3.63, 3.8) is 0 Å². The molecule has 1 rings (SSSR count). The van der Waals surface area contributed by atoms with Crippen LogP contribution in [0.2, 0.25) is 22.0 Å². The number of hydrogen-bond donors (Lipinski definition) is 0. The summed E-state index contributed by atoms with van der Waals surface area (Å²) >= 11 is 0. The van der Waals surface area contributed by atoms with Crippen LogP contribution in [-0.4, -0.2) is 27.8 Å². The van der Waals surface area contributed by atoms with E-state index in [1.807, 2.05) is 0 Å². The van der Waals surface area contributed by atoms with Gasteiger partial charge < -0.3 is 0 Å². The van der Waals surface area contributed by atoms with Gasteiger partial charge in [0, 0.05) is 27.8 Å². The maximum atomic E-state index is 2.43. The van der Waals surface area contributed by atoms with Crippen LogP contribution in [0.15, 0.2) is 0 Å². The highest BCUT2D eigenvalue weighted by molar-refractivity contribution is 6.85. The van der Waals surface area contributed by atoms with Crippen molar-refractivity contribution < 1.29 is 0 Å². The molecule has 3 heteroatoms. The van der Waals surface area contributed by atoms with Gasteiger partial charge >= 0.3 is 0 Å².